The molecule has 0 bridgehead atoms. The minimum absolute atomic E-state index is 0.0131. The maximum atomic E-state index is 12.5. The molecule has 0 saturated carbocycles. The molecule has 0 aliphatic rings. The van der Waals surface area contributed by atoms with Gasteiger partial charge in [0, 0.05) is 12.8 Å². The van der Waals surface area contributed by atoms with Crippen molar-refractivity contribution in [3.05, 3.63) is 12.2 Å². The summed E-state index contributed by atoms with van der Waals surface area (Å²) in [5, 5.41) is 23.3. The molecule has 0 aromatic heterocycles. The van der Waals surface area contributed by atoms with Crippen molar-refractivity contribution >= 4 is 11.9 Å². The summed E-state index contributed by atoms with van der Waals surface area (Å²) < 4.78 is 5.48. The number of rotatable bonds is 67. The molecular weight excluding hydrogens is 947 g/mol. The van der Waals surface area contributed by atoms with Gasteiger partial charge in [-0.1, -0.05) is 353 Å². The van der Waals surface area contributed by atoms with E-state index in [0.717, 1.165) is 44.9 Å². The van der Waals surface area contributed by atoms with Gasteiger partial charge in [-0.3, -0.25) is 9.59 Å². The monoisotopic (exact) mass is 1090 g/mol. The van der Waals surface area contributed by atoms with Crippen LogP contribution in [0.2, 0.25) is 0 Å². The van der Waals surface area contributed by atoms with Crippen LogP contribution in [0.4, 0.5) is 0 Å². The Bertz CT molecular complexity index is 1160. The third kappa shape index (κ3) is 63.6. The molecule has 0 saturated heterocycles. The second kappa shape index (κ2) is 67.1. The summed E-state index contributed by atoms with van der Waals surface area (Å²) in [6.07, 6.45) is 82.7. The van der Waals surface area contributed by atoms with Crippen LogP contribution in [0.1, 0.15) is 406 Å². The van der Waals surface area contributed by atoms with Gasteiger partial charge in [-0.15, -0.1) is 0 Å². The van der Waals surface area contributed by atoms with Crippen molar-refractivity contribution in [2.45, 2.75) is 418 Å². The van der Waals surface area contributed by atoms with Gasteiger partial charge in [-0.05, 0) is 51.4 Å². The number of nitrogens with one attached hydrogen (secondary N) is 1. The van der Waals surface area contributed by atoms with E-state index in [2.05, 4.69) is 31.3 Å². The first kappa shape index (κ1) is 75.6. The normalized spacial score (nSPS) is 12.5. The molecule has 0 radical (unpaired) electrons. The van der Waals surface area contributed by atoms with Crippen molar-refractivity contribution in [2.24, 2.45) is 0 Å². The molecule has 0 fully saturated rings. The Morgan fingerprint density at radius 3 is 0.935 bits per heavy atom. The highest BCUT2D eigenvalue weighted by Crippen LogP contribution is 2.19. The molecule has 0 heterocycles. The molecule has 0 rings (SSSR count). The zero-order valence-electron chi connectivity index (χ0n) is 52.5. The number of ether oxygens (including phenoxy) is 1. The molecule has 0 aliphatic carbocycles. The topological polar surface area (TPSA) is 95.9 Å². The third-order valence-electron chi connectivity index (χ3n) is 16.8. The van der Waals surface area contributed by atoms with E-state index in [0.29, 0.717) is 25.9 Å². The lowest BCUT2D eigenvalue weighted by Crippen LogP contribution is -2.45. The summed E-state index contributed by atoms with van der Waals surface area (Å²) in [4.78, 5) is 24.5. The lowest BCUT2D eigenvalue weighted by molar-refractivity contribution is -0.143. The molecule has 1 amide bonds. The first-order chi connectivity index (χ1) is 38.0. The Kier molecular flexibility index (Phi) is 65.9. The number of hydrogen-bond donors (Lipinski definition) is 3. The predicted octanol–water partition coefficient (Wildman–Crippen LogP) is 22.8. The van der Waals surface area contributed by atoms with Crippen LogP contribution in [0, 0.1) is 0 Å². The van der Waals surface area contributed by atoms with Gasteiger partial charge in [0.05, 0.1) is 25.4 Å². The van der Waals surface area contributed by atoms with Crippen molar-refractivity contribution in [3.8, 4) is 0 Å². The number of aliphatic hydroxyl groups excluding tert-OH is 2. The van der Waals surface area contributed by atoms with Crippen molar-refractivity contribution < 1.29 is 24.5 Å². The Labute approximate surface area is 482 Å². The SMILES string of the molecule is CCCCCC/C=C\CCCCCCCC(=O)OCCCCCCCCCCCCCCCCCCCCCCCCCCCCCCCCCCCC(=O)NC(CO)C(O)CCCCCCCCCCCCCCCC. The van der Waals surface area contributed by atoms with Gasteiger partial charge < -0.3 is 20.3 Å². The summed E-state index contributed by atoms with van der Waals surface area (Å²) in [6, 6.07) is -0.536. The van der Waals surface area contributed by atoms with E-state index in [1.165, 1.54) is 327 Å². The number of unbranched alkanes of at least 4 members (excludes halogenated alkanes) is 54. The Morgan fingerprint density at radius 1 is 0.351 bits per heavy atom. The maximum absolute atomic E-state index is 12.5. The molecule has 3 N–H and O–H groups in total. The number of amides is 1. The fourth-order valence-corrected chi connectivity index (χ4v) is 11.4. The number of carbonyl (C=O) groups is 2. The number of aliphatic hydroxyl groups is 2. The van der Waals surface area contributed by atoms with E-state index in [-0.39, 0.29) is 18.5 Å². The van der Waals surface area contributed by atoms with Crippen molar-refractivity contribution in [2.75, 3.05) is 13.2 Å². The van der Waals surface area contributed by atoms with Crippen LogP contribution >= 0.6 is 0 Å². The number of hydrogen-bond acceptors (Lipinski definition) is 5. The maximum Gasteiger partial charge on any atom is 0.305 e. The number of esters is 1. The average Bonchev–Trinajstić information content (AvgIpc) is 3.43. The minimum atomic E-state index is -0.659. The van der Waals surface area contributed by atoms with Crippen molar-refractivity contribution in [1.29, 1.82) is 0 Å². The molecular formula is C71H139NO5. The lowest BCUT2D eigenvalue weighted by Gasteiger charge is -2.22. The summed E-state index contributed by atoms with van der Waals surface area (Å²) in [5.41, 5.74) is 0. The van der Waals surface area contributed by atoms with Crippen LogP contribution in [-0.2, 0) is 14.3 Å². The van der Waals surface area contributed by atoms with Crippen LogP contribution < -0.4 is 5.32 Å². The van der Waals surface area contributed by atoms with Crippen molar-refractivity contribution in [3.63, 3.8) is 0 Å². The molecule has 458 valence electrons. The number of carbonyl (C=O) groups excluding carboxylic acids is 2. The Hall–Kier alpha value is -1.40. The largest absolute Gasteiger partial charge is 0.466 e. The summed E-state index contributed by atoms with van der Waals surface area (Å²) in [6.45, 7) is 4.97. The first-order valence-electron chi connectivity index (χ1n) is 35.4. The quantitative estimate of drug-likeness (QED) is 0.0320. The standard InChI is InChI=1S/C71H139NO5/c1-3-5-7-9-11-13-15-17-40-43-47-51-55-59-63-69(74)68(67-73)72-70(75)64-60-56-52-48-44-41-37-35-33-31-29-27-25-23-21-19-18-20-22-24-26-28-30-32-34-36-38-42-46-50-54-58-62-66-77-71(76)65-61-57-53-49-45-39-16-14-12-10-8-6-4-2/h14,16,68-69,73-74H,3-13,15,17-67H2,1-2H3,(H,72,75)/b16-14-. The molecule has 6 heteroatoms. The van der Waals surface area contributed by atoms with Gasteiger partial charge in [-0.25, -0.2) is 0 Å². The van der Waals surface area contributed by atoms with Crippen molar-refractivity contribution in [1.82, 2.24) is 5.32 Å². The van der Waals surface area contributed by atoms with Crippen LogP contribution in [-0.4, -0.2) is 47.4 Å². The second-order valence-corrected chi connectivity index (χ2v) is 24.6. The van der Waals surface area contributed by atoms with E-state index in [9.17, 15) is 19.8 Å². The molecule has 0 spiro atoms. The highest BCUT2D eigenvalue weighted by Gasteiger charge is 2.20. The number of allylic oxidation sites excluding steroid dienone is 2. The van der Waals surface area contributed by atoms with E-state index >= 15 is 0 Å². The second-order valence-electron chi connectivity index (χ2n) is 24.6. The smallest absolute Gasteiger partial charge is 0.305 e. The minimum Gasteiger partial charge on any atom is -0.466 e. The first-order valence-corrected chi connectivity index (χ1v) is 35.4. The molecule has 0 aliphatic heterocycles. The van der Waals surface area contributed by atoms with E-state index in [1.54, 1.807) is 0 Å². The zero-order chi connectivity index (χ0) is 55.7. The third-order valence-corrected chi connectivity index (χ3v) is 16.8. The Balaban J connectivity index is 3.30. The van der Waals surface area contributed by atoms with E-state index in [4.69, 9.17) is 4.74 Å². The van der Waals surface area contributed by atoms with Crippen LogP contribution in [0.5, 0.6) is 0 Å². The highest BCUT2D eigenvalue weighted by atomic mass is 16.5. The van der Waals surface area contributed by atoms with Crippen LogP contribution in [0.25, 0.3) is 0 Å². The Morgan fingerprint density at radius 2 is 0.610 bits per heavy atom. The zero-order valence-corrected chi connectivity index (χ0v) is 52.5. The van der Waals surface area contributed by atoms with E-state index < -0.39 is 12.1 Å². The average molecular weight is 1090 g/mol. The van der Waals surface area contributed by atoms with Gasteiger partial charge in [0.15, 0.2) is 0 Å². The molecule has 2 atom stereocenters. The molecule has 0 aromatic carbocycles. The van der Waals surface area contributed by atoms with Gasteiger partial charge in [0.2, 0.25) is 5.91 Å². The highest BCUT2D eigenvalue weighted by molar-refractivity contribution is 5.76. The summed E-state index contributed by atoms with van der Waals surface area (Å²) in [5.74, 6) is -0.0141. The van der Waals surface area contributed by atoms with Crippen LogP contribution in [0.15, 0.2) is 12.2 Å². The lowest BCUT2D eigenvalue weighted by atomic mass is 10.0. The molecule has 2 unspecified atom stereocenters. The fraction of sp³-hybridized carbons (Fsp3) is 0.944. The van der Waals surface area contributed by atoms with Gasteiger partial charge >= 0.3 is 5.97 Å². The summed E-state index contributed by atoms with van der Waals surface area (Å²) in [7, 11) is 0. The predicted molar refractivity (Wildman–Crippen MR) is 338 cm³/mol. The fourth-order valence-electron chi connectivity index (χ4n) is 11.4. The van der Waals surface area contributed by atoms with Gasteiger partial charge in [0.1, 0.15) is 0 Å². The molecule has 0 aromatic rings. The summed E-state index contributed by atoms with van der Waals surface area (Å²) >= 11 is 0. The van der Waals surface area contributed by atoms with Gasteiger partial charge in [-0.2, -0.15) is 0 Å². The van der Waals surface area contributed by atoms with E-state index in [1.807, 2.05) is 0 Å². The van der Waals surface area contributed by atoms with Gasteiger partial charge in [0.25, 0.3) is 0 Å². The molecule has 77 heavy (non-hydrogen) atoms. The molecule has 6 nitrogen and oxygen atoms in total. The van der Waals surface area contributed by atoms with Crippen LogP contribution in [0.3, 0.4) is 0 Å².